The van der Waals surface area contributed by atoms with Crippen LogP contribution in [-0.2, 0) is 9.53 Å². The lowest BCUT2D eigenvalue weighted by molar-refractivity contribution is -0.135. The van der Waals surface area contributed by atoms with Gasteiger partial charge < -0.3 is 14.5 Å². The number of carbonyl (C=O) groups is 1. The Hall–Kier alpha value is -0.610. The number of rotatable bonds is 4. The van der Waals surface area contributed by atoms with E-state index in [1.54, 1.807) is 0 Å². The van der Waals surface area contributed by atoms with Crippen LogP contribution in [0, 0.1) is 5.41 Å². The minimum Gasteiger partial charge on any atom is -0.377 e. The van der Waals surface area contributed by atoms with Crippen molar-refractivity contribution < 1.29 is 9.53 Å². The van der Waals surface area contributed by atoms with Crippen LogP contribution in [0.1, 0.15) is 58.3 Å². The standard InChI is InChI=1S/C18H32N2O2/c1-2-5-17(21)20-10-4-7-18(15-20)8-11-19(12-9-18)14-16-6-3-13-22-16/h16H,2-15H2,1H3. The highest BCUT2D eigenvalue weighted by molar-refractivity contribution is 5.76. The number of piperidine rings is 2. The van der Waals surface area contributed by atoms with Crippen LogP contribution < -0.4 is 0 Å². The van der Waals surface area contributed by atoms with Gasteiger partial charge >= 0.3 is 0 Å². The van der Waals surface area contributed by atoms with E-state index in [4.69, 9.17) is 4.74 Å². The summed E-state index contributed by atoms with van der Waals surface area (Å²) in [5.74, 6) is 0.378. The van der Waals surface area contributed by atoms with E-state index in [0.717, 1.165) is 39.1 Å². The Bertz CT molecular complexity index is 371. The van der Waals surface area contributed by atoms with E-state index in [1.165, 1.54) is 51.6 Å². The highest BCUT2D eigenvalue weighted by Crippen LogP contribution is 2.40. The molecule has 1 spiro atoms. The Labute approximate surface area is 135 Å². The molecule has 3 heterocycles. The van der Waals surface area contributed by atoms with E-state index < -0.39 is 0 Å². The third-order valence-electron chi connectivity index (χ3n) is 5.88. The summed E-state index contributed by atoms with van der Waals surface area (Å²) < 4.78 is 5.77. The molecule has 0 aromatic carbocycles. The lowest BCUT2D eigenvalue weighted by atomic mass is 9.72. The zero-order valence-corrected chi connectivity index (χ0v) is 14.2. The second-order valence-corrected chi connectivity index (χ2v) is 7.60. The van der Waals surface area contributed by atoms with Gasteiger partial charge in [-0.1, -0.05) is 6.92 Å². The Morgan fingerprint density at radius 2 is 2.00 bits per heavy atom. The highest BCUT2D eigenvalue weighted by Gasteiger charge is 2.39. The molecule has 1 unspecified atom stereocenters. The molecule has 3 aliphatic rings. The largest absolute Gasteiger partial charge is 0.377 e. The molecular weight excluding hydrogens is 276 g/mol. The summed E-state index contributed by atoms with van der Waals surface area (Å²) in [6.07, 6.45) is 9.67. The quantitative estimate of drug-likeness (QED) is 0.800. The molecule has 4 heteroatoms. The van der Waals surface area contributed by atoms with Gasteiger partial charge in [-0.3, -0.25) is 4.79 Å². The fraction of sp³-hybridized carbons (Fsp3) is 0.944. The molecule has 3 rings (SSSR count). The summed E-state index contributed by atoms with van der Waals surface area (Å²) in [6, 6.07) is 0. The third kappa shape index (κ3) is 3.83. The molecule has 0 aromatic rings. The first-order valence-electron chi connectivity index (χ1n) is 9.32. The average Bonchev–Trinajstić information content (AvgIpc) is 3.03. The lowest BCUT2D eigenvalue weighted by Gasteiger charge is -2.48. The number of ether oxygens (including phenoxy) is 1. The molecule has 0 aliphatic carbocycles. The monoisotopic (exact) mass is 308 g/mol. The molecule has 1 atom stereocenters. The molecular formula is C18H32N2O2. The van der Waals surface area contributed by atoms with Gasteiger partial charge in [0.15, 0.2) is 0 Å². The summed E-state index contributed by atoms with van der Waals surface area (Å²) in [5, 5.41) is 0. The number of carbonyl (C=O) groups excluding carboxylic acids is 1. The second kappa shape index (κ2) is 7.31. The number of likely N-dealkylation sites (tertiary alicyclic amines) is 2. The van der Waals surface area contributed by atoms with Gasteiger partial charge in [0.05, 0.1) is 6.10 Å². The van der Waals surface area contributed by atoms with Crippen molar-refractivity contribution in [2.75, 3.05) is 39.3 Å². The average molecular weight is 308 g/mol. The van der Waals surface area contributed by atoms with Gasteiger partial charge in [-0.25, -0.2) is 0 Å². The van der Waals surface area contributed by atoms with Crippen LogP contribution in [0.3, 0.4) is 0 Å². The Kier molecular flexibility index (Phi) is 5.40. The topological polar surface area (TPSA) is 32.8 Å². The Morgan fingerprint density at radius 3 is 2.68 bits per heavy atom. The second-order valence-electron chi connectivity index (χ2n) is 7.60. The smallest absolute Gasteiger partial charge is 0.222 e. The summed E-state index contributed by atoms with van der Waals surface area (Å²) in [6.45, 7) is 8.55. The Balaban J connectivity index is 1.49. The maximum Gasteiger partial charge on any atom is 0.222 e. The number of nitrogens with zero attached hydrogens (tertiary/aromatic N) is 2. The van der Waals surface area contributed by atoms with Crippen molar-refractivity contribution in [1.29, 1.82) is 0 Å². The first kappa shape index (κ1) is 16.3. The van der Waals surface area contributed by atoms with Crippen molar-refractivity contribution in [3.8, 4) is 0 Å². The van der Waals surface area contributed by atoms with Crippen molar-refractivity contribution in [3.63, 3.8) is 0 Å². The van der Waals surface area contributed by atoms with Crippen LogP contribution in [0.2, 0.25) is 0 Å². The van der Waals surface area contributed by atoms with Crippen LogP contribution in [0.5, 0.6) is 0 Å². The molecule has 1 amide bonds. The van der Waals surface area contributed by atoms with E-state index >= 15 is 0 Å². The first-order chi connectivity index (χ1) is 10.7. The van der Waals surface area contributed by atoms with Gasteiger partial charge in [-0.05, 0) is 63.5 Å². The molecule has 3 saturated heterocycles. The molecule has 0 N–H and O–H groups in total. The van der Waals surface area contributed by atoms with Gasteiger partial charge in [0, 0.05) is 32.7 Å². The normalized spacial score (nSPS) is 29.1. The van der Waals surface area contributed by atoms with Crippen molar-refractivity contribution in [2.45, 2.75) is 64.4 Å². The molecule has 126 valence electrons. The van der Waals surface area contributed by atoms with E-state index in [2.05, 4.69) is 16.7 Å². The van der Waals surface area contributed by atoms with Crippen LogP contribution in [0.15, 0.2) is 0 Å². The third-order valence-corrected chi connectivity index (χ3v) is 5.88. The number of hydrogen-bond donors (Lipinski definition) is 0. The van der Waals surface area contributed by atoms with Gasteiger partial charge in [0.1, 0.15) is 0 Å². The summed E-state index contributed by atoms with van der Waals surface area (Å²) in [7, 11) is 0. The van der Waals surface area contributed by atoms with Crippen molar-refractivity contribution in [3.05, 3.63) is 0 Å². The van der Waals surface area contributed by atoms with Crippen molar-refractivity contribution >= 4 is 5.91 Å². The molecule has 22 heavy (non-hydrogen) atoms. The van der Waals surface area contributed by atoms with Gasteiger partial charge in [-0.15, -0.1) is 0 Å². The van der Waals surface area contributed by atoms with E-state index in [0.29, 0.717) is 17.4 Å². The molecule has 0 bridgehead atoms. The van der Waals surface area contributed by atoms with E-state index in [-0.39, 0.29) is 0 Å². The minimum atomic E-state index is 0.378. The van der Waals surface area contributed by atoms with Crippen molar-refractivity contribution in [1.82, 2.24) is 9.80 Å². The molecule has 3 fully saturated rings. The van der Waals surface area contributed by atoms with Gasteiger partial charge in [0.25, 0.3) is 0 Å². The predicted molar refractivity (Wildman–Crippen MR) is 87.8 cm³/mol. The van der Waals surface area contributed by atoms with E-state index in [1.807, 2.05) is 0 Å². The fourth-order valence-corrected chi connectivity index (χ4v) is 4.49. The van der Waals surface area contributed by atoms with E-state index in [9.17, 15) is 4.79 Å². The lowest BCUT2D eigenvalue weighted by Crippen LogP contribution is -2.51. The zero-order valence-electron chi connectivity index (χ0n) is 14.2. The number of amides is 1. The summed E-state index contributed by atoms with van der Waals surface area (Å²) >= 11 is 0. The minimum absolute atomic E-state index is 0.378. The van der Waals surface area contributed by atoms with Crippen LogP contribution in [0.25, 0.3) is 0 Å². The maximum absolute atomic E-state index is 12.2. The van der Waals surface area contributed by atoms with Gasteiger partial charge in [0.2, 0.25) is 5.91 Å². The summed E-state index contributed by atoms with van der Waals surface area (Å²) in [4.78, 5) is 17.0. The highest BCUT2D eigenvalue weighted by atomic mass is 16.5. The molecule has 3 aliphatic heterocycles. The fourth-order valence-electron chi connectivity index (χ4n) is 4.49. The van der Waals surface area contributed by atoms with Crippen molar-refractivity contribution in [2.24, 2.45) is 5.41 Å². The van der Waals surface area contributed by atoms with Crippen LogP contribution in [-0.4, -0.2) is 61.1 Å². The molecule has 4 nitrogen and oxygen atoms in total. The summed E-state index contributed by atoms with van der Waals surface area (Å²) in [5.41, 5.74) is 0.411. The SMILES string of the molecule is CCCC(=O)N1CCCC2(CCN(CC3CCCO3)CC2)C1. The predicted octanol–water partition coefficient (Wildman–Crippen LogP) is 2.67. The van der Waals surface area contributed by atoms with Crippen LogP contribution in [0.4, 0.5) is 0 Å². The molecule has 0 saturated carbocycles. The first-order valence-corrected chi connectivity index (χ1v) is 9.32. The zero-order chi connectivity index (χ0) is 15.4. The molecule has 0 radical (unpaired) electrons. The van der Waals surface area contributed by atoms with Crippen LogP contribution >= 0.6 is 0 Å². The Morgan fingerprint density at radius 1 is 1.18 bits per heavy atom. The maximum atomic E-state index is 12.2. The molecule has 0 aromatic heterocycles. The van der Waals surface area contributed by atoms with Gasteiger partial charge in [-0.2, -0.15) is 0 Å². The number of hydrogen-bond acceptors (Lipinski definition) is 3.